The van der Waals surface area contributed by atoms with Crippen LogP contribution in [-0.4, -0.2) is 11.6 Å². The second-order valence-corrected chi connectivity index (χ2v) is 5.92. The fourth-order valence-corrected chi connectivity index (χ4v) is 2.94. The summed E-state index contributed by atoms with van der Waals surface area (Å²) in [6.07, 6.45) is 0.504. The van der Waals surface area contributed by atoms with Crippen molar-refractivity contribution in [2.45, 2.75) is 27.2 Å². The van der Waals surface area contributed by atoms with Gasteiger partial charge in [0.25, 0.3) is 0 Å². The second kappa shape index (κ2) is 5.38. The maximum Gasteiger partial charge on any atom is 0.190 e. The molecule has 0 N–H and O–H groups in total. The quantitative estimate of drug-likeness (QED) is 0.829. The lowest BCUT2D eigenvalue weighted by molar-refractivity contribution is 0.0972. The number of aryl methyl sites for hydroxylation is 2. The molecule has 2 aromatic rings. The van der Waals surface area contributed by atoms with Crippen LogP contribution in [0.15, 0.2) is 53.6 Å². The minimum absolute atomic E-state index is 0.00854. The van der Waals surface area contributed by atoms with E-state index in [0.29, 0.717) is 28.7 Å². The molecular formula is C20H18O2. The lowest BCUT2D eigenvalue weighted by Gasteiger charge is -2.20. The molecule has 0 unspecified atom stereocenters. The van der Waals surface area contributed by atoms with E-state index in [0.717, 1.165) is 11.1 Å². The van der Waals surface area contributed by atoms with Gasteiger partial charge in [-0.05, 0) is 31.9 Å². The van der Waals surface area contributed by atoms with Gasteiger partial charge in [0.15, 0.2) is 11.6 Å². The predicted molar refractivity (Wildman–Crippen MR) is 87.4 cm³/mol. The summed E-state index contributed by atoms with van der Waals surface area (Å²) in [6, 6.07) is 13.5. The Balaban J connectivity index is 2.06. The van der Waals surface area contributed by atoms with Crippen LogP contribution in [-0.2, 0) is 6.42 Å². The summed E-state index contributed by atoms with van der Waals surface area (Å²) in [7, 11) is 0. The first-order valence-electron chi connectivity index (χ1n) is 7.43. The van der Waals surface area contributed by atoms with Gasteiger partial charge in [0.2, 0.25) is 0 Å². The molecule has 0 heterocycles. The first kappa shape index (κ1) is 14.5. The Bertz CT molecular complexity index is 808. The van der Waals surface area contributed by atoms with Crippen molar-refractivity contribution in [1.29, 1.82) is 0 Å². The molecule has 3 rings (SSSR count). The summed E-state index contributed by atoms with van der Waals surface area (Å²) in [6.45, 7) is 5.67. The van der Waals surface area contributed by atoms with Crippen molar-refractivity contribution < 1.29 is 9.59 Å². The van der Waals surface area contributed by atoms with Gasteiger partial charge in [-0.3, -0.25) is 9.59 Å². The Morgan fingerprint density at radius 2 is 1.50 bits per heavy atom. The molecule has 110 valence electrons. The summed E-state index contributed by atoms with van der Waals surface area (Å²) >= 11 is 0. The molecule has 0 amide bonds. The summed E-state index contributed by atoms with van der Waals surface area (Å²) in [5, 5.41) is 0. The minimum atomic E-state index is -0.0274. The van der Waals surface area contributed by atoms with Gasteiger partial charge < -0.3 is 0 Å². The lowest BCUT2D eigenvalue weighted by Crippen LogP contribution is -2.23. The highest BCUT2D eigenvalue weighted by Crippen LogP contribution is 2.30. The molecule has 0 bridgehead atoms. The van der Waals surface area contributed by atoms with Crippen molar-refractivity contribution >= 4 is 11.6 Å². The Labute approximate surface area is 130 Å². The van der Waals surface area contributed by atoms with Crippen LogP contribution in [0.25, 0.3) is 0 Å². The normalized spacial score (nSPS) is 14.3. The van der Waals surface area contributed by atoms with E-state index in [4.69, 9.17) is 0 Å². The topological polar surface area (TPSA) is 34.1 Å². The van der Waals surface area contributed by atoms with Gasteiger partial charge in [-0.25, -0.2) is 0 Å². The SMILES string of the molecule is CC1=C(Cc2ccc(C)cc2)C(=O)c2c(C)cccc2C1=O. The summed E-state index contributed by atoms with van der Waals surface area (Å²) < 4.78 is 0. The number of ketones is 2. The van der Waals surface area contributed by atoms with Crippen LogP contribution >= 0.6 is 0 Å². The van der Waals surface area contributed by atoms with Crippen LogP contribution in [0.5, 0.6) is 0 Å². The lowest BCUT2D eigenvalue weighted by atomic mass is 9.80. The number of fused-ring (bicyclic) bond motifs is 1. The van der Waals surface area contributed by atoms with Crippen molar-refractivity contribution in [3.8, 4) is 0 Å². The Morgan fingerprint density at radius 3 is 2.18 bits per heavy atom. The van der Waals surface area contributed by atoms with Gasteiger partial charge in [-0.2, -0.15) is 0 Å². The van der Waals surface area contributed by atoms with Crippen LogP contribution in [0.2, 0.25) is 0 Å². The third-order valence-electron chi connectivity index (χ3n) is 4.31. The molecule has 1 aliphatic carbocycles. The number of benzene rings is 2. The average Bonchev–Trinajstić information content (AvgIpc) is 2.51. The molecule has 0 saturated heterocycles. The molecule has 22 heavy (non-hydrogen) atoms. The summed E-state index contributed by atoms with van der Waals surface area (Å²) in [5.74, 6) is -0.0359. The first-order valence-corrected chi connectivity index (χ1v) is 7.43. The highest BCUT2D eigenvalue weighted by atomic mass is 16.1. The van der Waals surface area contributed by atoms with Crippen LogP contribution in [0.4, 0.5) is 0 Å². The van der Waals surface area contributed by atoms with Gasteiger partial charge in [-0.15, -0.1) is 0 Å². The van der Waals surface area contributed by atoms with E-state index >= 15 is 0 Å². The predicted octanol–water partition coefficient (Wildman–Crippen LogP) is 4.24. The van der Waals surface area contributed by atoms with Crippen molar-refractivity contribution in [3.05, 3.63) is 81.4 Å². The van der Waals surface area contributed by atoms with Gasteiger partial charge in [-0.1, -0.05) is 48.0 Å². The number of allylic oxidation sites excluding steroid dienone is 2. The fourth-order valence-electron chi connectivity index (χ4n) is 2.94. The van der Waals surface area contributed by atoms with Crippen LogP contribution in [0.3, 0.4) is 0 Å². The Kier molecular flexibility index (Phi) is 3.53. The number of hydrogen-bond donors (Lipinski definition) is 0. The first-order chi connectivity index (χ1) is 10.5. The maximum atomic E-state index is 12.9. The number of carbonyl (C=O) groups is 2. The largest absolute Gasteiger partial charge is 0.289 e. The van der Waals surface area contributed by atoms with E-state index in [2.05, 4.69) is 0 Å². The molecular weight excluding hydrogens is 272 g/mol. The number of hydrogen-bond acceptors (Lipinski definition) is 2. The summed E-state index contributed by atoms with van der Waals surface area (Å²) in [4.78, 5) is 25.4. The zero-order valence-corrected chi connectivity index (χ0v) is 13.1. The van der Waals surface area contributed by atoms with E-state index in [9.17, 15) is 9.59 Å². The zero-order chi connectivity index (χ0) is 15.9. The molecule has 2 aromatic carbocycles. The zero-order valence-electron chi connectivity index (χ0n) is 13.1. The van der Waals surface area contributed by atoms with Crippen LogP contribution in [0.1, 0.15) is 44.3 Å². The van der Waals surface area contributed by atoms with Gasteiger partial charge in [0, 0.05) is 28.7 Å². The van der Waals surface area contributed by atoms with Gasteiger partial charge in [0.05, 0.1) is 0 Å². The molecule has 0 radical (unpaired) electrons. The van der Waals surface area contributed by atoms with Crippen molar-refractivity contribution in [2.24, 2.45) is 0 Å². The molecule has 2 heteroatoms. The van der Waals surface area contributed by atoms with Crippen molar-refractivity contribution in [3.63, 3.8) is 0 Å². The molecule has 0 aliphatic heterocycles. The minimum Gasteiger partial charge on any atom is -0.289 e. The van der Waals surface area contributed by atoms with E-state index < -0.39 is 0 Å². The van der Waals surface area contributed by atoms with Crippen molar-refractivity contribution in [1.82, 2.24) is 0 Å². The van der Waals surface area contributed by atoms with Gasteiger partial charge in [0.1, 0.15) is 0 Å². The van der Waals surface area contributed by atoms with Crippen molar-refractivity contribution in [2.75, 3.05) is 0 Å². The average molecular weight is 290 g/mol. The molecule has 0 aromatic heterocycles. The fraction of sp³-hybridized carbons (Fsp3) is 0.200. The Hall–Kier alpha value is -2.48. The summed E-state index contributed by atoms with van der Waals surface area (Å²) in [5.41, 5.74) is 5.40. The molecule has 0 fully saturated rings. The molecule has 1 aliphatic rings. The van der Waals surface area contributed by atoms with E-state index in [1.165, 1.54) is 5.56 Å². The van der Waals surface area contributed by atoms with E-state index in [1.807, 2.05) is 50.2 Å². The second-order valence-electron chi connectivity index (χ2n) is 5.92. The molecule has 0 atom stereocenters. The maximum absolute atomic E-state index is 12.9. The Morgan fingerprint density at radius 1 is 0.818 bits per heavy atom. The van der Waals surface area contributed by atoms with Crippen LogP contribution in [0, 0.1) is 13.8 Å². The number of carbonyl (C=O) groups excluding carboxylic acids is 2. The highest BCUT2D eigenvalue weighted by Gasteiger charge is 2.30. The van der Waals surface area contributed by atoms with Crippen LogP contribution < -0.4 is 0 Å². The third-order valence-corrected chi connectivity index (χ3v) is 4.31. The van der Waals surface area contributed by atoms with Gasteiger partial charge >= 0.3 is 0 Å². The third kappa shape index (κ3) is 2.31. The smallest absolute Gasteiger partial charge is 0.190 e. The number of rotatable bonds is 2. The highest BCUT2D eigenvalue weighted by molar-refractivity contribution is 6.27. The van der Waals surface area contributed by atoms with E-state index in [1.54, 1.807) is 13.0 Å². The molecule has 0 saturated carbocycles. The molecule has 2 nitrogen and oxygen atoms in total. The van der Waals surface area contributed by atoms with E-state index in [-0.39, 0.29) is 11.6 Å². The molecule has 0 spiro atoms. The number of Topliss-reactive ketones (excluding diaryl/α,β-unsaturated/α-hetero) is 2. The standard InChI is InChI=1S/C20H18O2/c1-12-7-9-15(10-8-12)11-17-14(3)19(21)16-6-4-5-13(2)18(16)20(17)22/h4-10H,11H2,1-3H3. The monoisotopic (exact) mass is 290 g/mol.